The third kappa shape index (κ3) is 4.69. The van der Waals surface area contributed by atoms with Crippen molar-refractivity contribution in [1.29, 1.82) is 0 Å². The number of carbonyl (C=O) groups is 1. The Balaban J connectivity index is 0.00000160. The zero-order chi connectivity index (χ0) is 19.7. The number of nitrogens with zero attached hydrogens (tertiary/aromatic N) is 1. The van der Waals surface area contributed by atoms with Crippen LogP contribution in [0.4, 0.5) is 0 Å². The van der Waals surface area contributed by atoms with Gasteiger partial charge in [0.2, 0.25) is 0 Å². The van der Waals surface area contributed by atoms with Crippen LogP contribution in [0.15, 0.2) is 42.5 Å². The molecule has 1 unspecified atom stereocenters. The highest BCUT2D eigenvalue weighted by Crippen LogP contribution is 2.38. The predicted molar refractivity (Wildman–Crippen MR) is 126 cm³/mol. The third-order valence-electron chi connectivity index (χ3n) is 5.17. The smallest absolute Gasteiger partial charge is 0.251 e. The molecule has 2 heterocycles. The van der Waals surface area contributed by atoms with Gasteiger partial charge in [-0.1, -0.05) is 18.2 Å². The van der Waals surface area contributed by atoms with Gasteiger partial charge in [-0.25, -0.2) is 0 Å². The number of halogens is 2. The number of rotatable bonds is 5. The van der Waals surface area contributed by atoms with Gasteiger partial charge >= 0.3 is 0 Å². The van der Waals surface area contributed by atoms with E-state index in [1.807, 2.05) is 44.3 Å². The van der Waals surface area contributed by atoms with Crippen LogP contribution in [0.1, 0.15) is 28.5 Å². The Morgan fingerprint density at radius 2 is 1.90 bits per heavy atom. The molecule has 5 nitrogen and oxygen atoms in total. The van der Waals surface area contributed by atoms with E-state index in [0.717, 1.165) is 46.4 Å². The molecule has 0 radical (unpaired) electrons. The molecule has 2 N–H and O–H groups in total. The second kappa shape index (κ2) is 10.1. The normalized spacial score (nSPS) is 14.3. The Morgan fingerprint density at radius 3 is 2.67 bits per heavy atom. The second-order valence-electron chi connectivity index (χ2n) is 7.31. The van der Waals surface area contributed by atoms with Crippen LogP contribution in [0.25, 0.3) is 22.0 Å². The van der Waals surface area contributed by atoms with Gasteiger partial charge in [0, 0.05) is 41.7 Å². The maximum absolute atomic E-state index is 12.4. The van der Waals surface area contributed by atoms with Crippen molar-refractivity contribution in [2.75, 3.05) is 20.1 Å². The lowest BCUT2D eigenvalue weighted by Crippen LogP contribution is -2.30. The molecular weight excluding hydrogens is 421 g/mol. The van der Waals surface area contributed by atoms with Crippen molar-refractivity contribution >= 4 is 41.6 Å². The molecule has 4 rings (SSSR count). The molecule has 1 atom stereocenters. The number of likely N-dealkylation sites (N-methyl/N-ethyl adjacent to an activating group) is 1. The highest BCUT2D eigenvalue weighted by atomic mass is 35.5. The van der Waals surface area contributed by atoms with Gasteiger partial charge in [-0.2, -0.15) is 0 Å². The molecule has 0 bridgehead atoms. The van der Waals surface area contributed by atoms with Crippen molar-refractivity contribution < 1.29 is 9.53 Å². The van der Waals surface area contributed by atoms with Gasteiger partial charge in [-0.3, -0.25) is 9.78 Å². The quantitative estimate of drug-likeness (QED) is 0.571. The largest absolute Gasteiger partial charge is 0.489 e. The van der Waals surface area contributed by atoms with Crippen LogP contribution in [-0.2, 0) is 6.42 Å². The van der Waals surface area contributed by atoms with E-state index in [2.05, 4.69) is 29.7 Å². The topological polar surface area (TPSA) is 63.2 Å². The molecule has 0 aliphatic carbocycles. The summed E-state index contributed by atoms with van der Waals surface area (Å²) in [6.07, 6.45) is 1.07. The number of amides is 1. The summed E-state index contributed by atoms with van der Waals surface area (Å²) >= 11 is 0. The fraction of sp³-hybridized carbons (Fsp3) is 0.304. The molecular formula is C23H27Cl2N3O2. The van der Waals surface area contributed by atoms with E-state index >= 15 is 0 Å². The van der Waals surface area contributed by atoms with Crippen LogP contribution in [0, 0.1) is 6.92 Å². The van der Waals surface area contributed by atoms with Crippen molar-refractivity contribution in [3.8, 4) is 16.9 Å². The summed E-state index contributed by atoms with van der Waals surface area (Å²) in [5.74, 6) is 0.894. The Kier molecular flexibility index (Phi) is 8.07. The van der Waals surface area contributed by atoms with Gasteiger partial charge in [-0.05, 0) is 56.3 Å². The number of ether oxygens (including phenoxy) is 1. The maximum Gasteiger partial charge on any atom is 0.251 e. The first-order valence-electron chi connectivity index (χ1n) is 9.70. The van der Waals surface area contributed by atoms with Crippen LogP contribution in [-0.4, -0.2) is 37.1 Å². The molecule has 0 saturated carbocycles. The van der Waals surface area contributed by atoms with Crippen LogP contribution in [0.5, 0.6) is 5.75 Å². The second-order valence-corrected chi connectivity index (χ2v) is 7.31. The molecule has 1 aliphatic heterocycles. The van der Waals surface area contributed by atoms with Crippen LogP contribution in [0.3, 0.4) is 0 Å². The lowest BCUT2D eigenvalue weighted by molar-refractivity contribution is 0.0954. The van der Waals surface area contributed by atoms with Crippen molar-refractivity contribution in [1.82, 2.24) is 15.6 Å². The first-order chi connectivity index (χ1) is 13.6. The fourth-order valence-electron chi connectivity index (χ4n) is 3.72. The number of fused-ring (bicyclic) bond motifs is 3. The molecule has 0 fully saturated rings. The van der Waals surface area contributed by atoms with Crippen molar-refractivity contribution in [3.63, 3.8) is 0 Å². The zero-order valence-corrected chi connectivity index (χ0v) is 19.0. The minimum Gasteiger partial charge on any atom is -0.489 e. The van der Waals surface area contributed by atoms with E-state index in [1.54, 1.807) is 0 Å². The van der Waals surface area contributed by atoms with Gasteiger partial charge in [0.05, 0.1) is 5.52 Å². The molecule has 0 saturated heterocycles. The van der Waals surface area contributed by atoms with Gasteiger partial charge in [-0.15, -0.1) is 24.8 Å². The lowest BCUT2D eigenvalue weighted by Gasteiger charge is -2.11. The fourth-order valence-corrected chi connectivity index (χ4v) is 3.72. The van der Waals surface area contributed by atoms with E-state index in [-0.39, 0.29) is 36.8 Å². The highest BCUT2D eigenvalue weighted by molar-refractivity contribution is 5.96. The predicted octanol–water partition coefficient (Wildman–Crippen LogP) is 4.33. The first-order valence-corrected chi connectivity index (χ1v) is 9.70. The summed E-state index contributed by atoms with van der Waals surface area (Å²) < 4.78 is 6.10. The minimum absolute atomic E-state index is 0. The molecule has 160 valence electrons. The van der Waals surface area contributed by atoms with Crippen LogP contribution in [0.2, 0.25) is 0 Å². The summed E-state index contributed by atoms with van der Waals surface area (Å²) in [4.78, 5) is 17.1. The van der Waals surface area contributed by atoms with Gasteiger partial charge in [0.15, 0.2) is 0 Å². The summed E-state index contributed by atoms with van der Waals surface area (Å²) in [6, 6.07) is 13.9. The van der Waals surface area contributed by atoms with Gasteiger partial charge in [0.25, 0.3) is 5.91 Å². The number of hydrogen-bond donors (Lipinski definition) is 2. The average molecular weight is 448 g/mol. The number of hydrogen-bond acceptors (Lipinski definition) is 4. The Hall–Kier alpha value is -2.34. The Bertz CT molecular complexity index is 1060. The third-order valence-corrected chi connectivity index (χ3v) is 5.17. The monoisotopic (exact) mass is 447 g/mol. The van der Waals surface area contributed by atoms with E-state index in [4.69, 9.17) is 9.72 Å². The van der Waals surface area contributed by atoms with Gasteiger partial charge in [0.1, 0.15) is 11.9 Å². The lowest BCUT2D eigenvalue weighted by atomic mass is 9.99. The number of nitrogens with one attached hydrogen (secondary N) is 2. The van der Waals surface area contributed by atoms with Crippen LogP contribution >= 0.6 is 24.8 Å². The van der Waals surface area contributed by atoms with Crippen molar-refractivity contribution in [2.24, 2.45) is 0 Å². The highest BCUT2D eigenvalue weighted by Gasteiger charge is 2.24. The number of aryl methyl sites for hydroxylation is 1. The first kappa shape index (κ1) is 23.9. The number of pyridine rings is 1. The average Bonchev–Trinajstić information content (AvgIpc) is 3.10. The Morgan fingerprint density at radius 1 is 1.13 bits per heavy atom. The molecule has 2 aromatic carbocycles. The standard InChI is InChI=1S/C23H25N3O2.2ClH/c1-14-11-19-15(2)26-21-8-7-17(13-20(21)22(19)28-14)16-5-4-6-18(12-16)23(27)25-10-9-24-3;;/h4-8,12-14,24H,9-11H2,1-3H3,(H,25,27);2*1H. The summed E-state index contributed by atoms with van der Waals surface area (Å²) in [5.41, 5.74) is 5.90. The summed E-state index contributed by atoms with van der Waals surface area (Å²) in [5, 5.41) is 6.98. The van der Waals surface area contributed by atoms with Crippen LogP contribution < -0.4 is 15.4 Å². The summed E-state index contributed by atoms with van der Waals surface area (Å²) in [6.45, 7) is 5.48. The molecule has 3 aromatic rings. The van der Waals surface area contributed by atoms with E-state index in [9.17, 15) is 4.79 Å². The molecule has 7 heteroatoms. The molecule has 1 aromatic heterocycles. The maximum atomic E-state index is 12.4. The molecule has 0 spiro atoms. The zero-order valence-electron chi connectivity index (χ0n) is 17.3. The number of aromatic nitrogens is 1. The Labute approximate surface area is 189 Å². The molecule has 30 heavy (non-hydrogen) atoms. The summed E-state index contributed by atoms with van der Waals surface area (Å²) in [7, 11) is 1.87. The SMILES string of the molecule is CNCCNC(=O)c1cccc(-c2ccc3nc(C)c4c(c3c2)OC(C)C4)c1.Cl.Cl. The molecule has 1 aliphatic rings. The van der Waals surface area contributed by atoms with Crippen molar-refractivity contribution in [2.45, 2.75) is 26.4 Å². The van der Waals surface area contributed by atoms with E-state index < -0.39 is 0 Å². The van der Waals surface area contributed by atoms with Crippen molar-refractivity contribution in [3.05, 3.63) is 59.3 Å². The number of benzene rings is 2. The van der Waals surface area contributed by atoms with E-state index in [0.29, 0.717) is 12.1 Å². The van der Waals surface area contributed by atoms with Gasteiger partial charge < -0.3 is 15.4 Å². The molecule has 1 amide bonds. The van der Waals surface area contributed by atoms with E-state index in [1.165, 1.54) is 5.56 Å². The minimum atomic E-state index is -0.0618. The number of carbonyl (C=O) groups excluding carboxylic acids is 1.